The summed E-state index contributed by atoms with van der Waals surface area (Å²) in [6, 6.07) is 6.78. The number of hydrogen-bond acceptors (Lipinski definition) is 5. The number of nitrogens with one attached hydrogen (secondary N) is 1. The summed E-state index contributed by atoms with van der Waals surface area (Å²) in [6.45, 7) is 6.86. The van der Waals surface area contributed by atoms with Gasteiger partial charge in [0.1, 0.15) is 5.76 Å². The summed E-state index contributed by atoms with van der Waals surface area (Å²) >= 11 is 0. The molecule has 1 aliphatic heterocycles. The molecule has 1 aliphatic rings. The first-order chi connectivity index (χ1) is 12.1. The van der Waals surface area contributed by atoms with Gasteiger partial charge in [0, 0.05) is 13.0 Å². The number of aromatic nitrogens is 3. The maximum Gasteiger partial charge on any atom is 0.204 e. The summed E-state index contributed by atoms with van der Waals surface area (Å²) < 4.78 is 7.91. The molecule has 0 unspecified atom stereocenters. The first-order valence-corrected chi connectivity index (χ1v) is 8.92. The first kappa shape index (κ1) is 16.1. The monoisotopic (exact) mass is 339 g/mol. The number of imidazole rings is 1. The Morgan fingerprint density at radius 3 is 2.76 bits per heavy atom. The van der Waals surface area contributed by atoms with Crippen LogP contribution in [0.15, 0.2) is 28.8 Å². The molecule has 1 N–H and O–H groups in total. The van der Waals surface area contributed by atoms with Crippen molar-refractivity contribution in [3.63, 3.8) is 0 Å². The Labute approximate surface area is 147 Å². The van der Waals surface area contributed by atoms with Crippen molar-refractivity contribution in [2.75, 3.05) is 25.5 Å². The van der Waals surface area contributed by atoms with E-state index in [1.807, 2.05) is 6.92 Å². The minimum absolute atomic E-state index is 0.462. The lowest BCUT2D eigenvalue weighted by atomic mass is 10.1. The Kier molecular flexibility index (Phi) is 4.21. The van der Waals surface area contributed by atoms with Crippen molar-refractivity contribution in [3.8, 4) is 0 Å². The third-order valence-electron chi connectivity index (χ3n) is 5.02. The van der Waals surface area contributed by atoms with Crippen LogP contribution in [0.25, 0.3) is 11.0 Å². The van der Waals surface area contributed by atoms with Crippen LogP contribution in [0.5, 0.6) is 0 Å². The van der Waals surface area contributed by atoms with Crippen LogP contribution in [0.4, 0.5) is 5.95 Å². The fourth-order valence-electron chi connectivity index (χ4n) is 3.53. The Morgan fingerprint density at radius 2 is 2.04 bits per heavy atom. The van der Waals surface area contributed by atoms with Crippen molar-refractivity contribution in [2.45, 2.75) is 39.3 Å². The van der Waals surface area contributed by atoms with Crippen molar-refractivity contribution in [3.05, 3.63) is 41.6 Å². The predicted molar refractivity (Wildman–Crippen MR) is 99.0 cm³/mol. The summed E-state index contributed by atoms with van der Waals surface area (Å²) in [5, 5.41) is 3.68. The van der Waals surface area contributed by atoms with E-state index in [-0.39, 0.29) is 0 Å². The average molecular weight is 339 g/mol. The molecule has 3 heterocycles. The summed E-state index contributed by atoms with van der Waals surface area (Å²) in [7, 11) is 2.18. The fourth-order valence-corrected chi connectivity index (χ4v) is 3.53. The number of likely N-dealkylation sites (tertiary alicyclic amines) is 1. The summed E-state index contributed by atoms with van der Waals surface area (Å²) in [5.41, 5.74) is 3.37. The van der Waals surface area contributed by atoms with Crippen molar-refractivity contribution < 1.29 is 4.42 Å². The van der Waals surface area contributed by atoms with Crippen molar-refractivity contribution in [1.29, 1.82) is 0 Å². The van der Waals surface area contributed by atoms with E-state index in [4.69, 9.17) is 9.40 Å². The fraction of sp³-hybridized carbons (Fsp3) is 0.474. The topological polar surface area (TPSA) is 59.1 Å². The highest BCUT2D eigenvalue weighted by atomic mass is 16.4. The Morgan fingerprint density at radius 1 is 1.24 bits per heavy atom. The van der Waals surface area contributed by atoms with E-state index in [0.29, 0.717) is 18.5 Å². The highest BCUT2D eigenvalue weighted by Gasteiger charge is 2.20. The number of aryl methyl sites for hydroxylation is 2. The molecule has 2 aromatic heterocycles. The minimum atomic E-state index is 0.462. The van der Waals surface area contributed by atoms with Gasteiger partial charge in [-0.15, -0.1) is 0 Å². The van der Waals surface area contributed by atoms with Gasteiger partial charge in [0.2, 0.25) is 5.95 Å². The Hall–Kier alpha value is -2.34. The highest BCUT2D eigenvalue weighted by Crippen LogP contribution is 2.25. The maximum absolute atomic E-state index is 5.70. The van der Waals surface area contributed by atoms with Gasteiger partial charge in [0.25, 0.3) is 0 Å². The number of rotatable bonds is 4. The second kappa shape index (κ2) is 6.52. The van der Waals surface area contributed by atoms with E-state index in [1.165, 1.54) is 5.56 Å². The molecule has 6 nitrogen and oxygen atoms in total. The molecule has 4 rings (SSSR count). The molecule has 3 aromatic rings. The van der Waals surface area contributed by atoms with Gasteiger partial charge in [-0.25, -0.2) is 9.97 Å². The van der Waals surface area contributed by atoms with Crippen LogP contribution < -0.4 is 5.32 Å². The Bertz CT molecular complexity index is 873. The van der Waals surface area contributed by atoms with Crippen LogP contribution in [-0.4, -0.2) is 45.6 Å². The minimum Gasteiger partial charge on any atom is -0.444 e. The van der Waals surface area contributed by atoms with E-state index in [1.54, 1.807) is 6.20 Å². The van der Waals surface area contributed by atoms with Crippen LogP contribution in [-0.2, 0) is 6.54 Å². The van der Waals surface area contributed by atoms with Crippen LogP contribution in [0.3, 0.4) is 0 Å². The molecule has 1 saturated heterocycles. The molecule has 0 bridgehead atoms. The molecule has 0 radical (unpaired) electrons. The second-order valence-corrected chi connectivity index (χ2v) is 7.03. The van der Waals surface area contributed by atoms with Gasteiger partial charge in [-0.2, -0.15) is 0 Å². The van der Waals surface area contributed by atoms with E-state index in [9.17, 15) is 0 Å². The molecule has 0 atom stereocenters. The van der Waals surface area contributed by atoms with Crippen LogP contribution in [0, 0.1) is 13.8 Å². The van der Waals surface area contributed by atoms with E-state index < -0.39 is 0 Å². The third-order valence-corrected chi connectivity index (χ3v) is 5.02. The van der Waals surface area contributed by atoms with Gasteiger partial charge in [-0.1, -0.05) is 12.1 Å². The van der Waals surface area contributed by atoms with E-state index in [2.05, 4.69) is 51.9 Å². The van der Waals surface area contributed by atoms with Gasteiger partial charge in [-0.05, 0) is 51.5 Å². The van der Waals surface area contributed by atoms with Gasteiger partial charge in [0.15, 0.2) is 5.89 Å². The van der Waals surface area contributed by atoms with Gasteiger partial charge < -0.3 is 19.2 Å². The Balaban J connectivity index is 1.69. The molecule has 1 aromatic carbocycles. The molecule has 132 valence electrons. The SMILES string of the molecule is Cc1ncc(Cn2c(NC3CCN(C)CC3)nc3c(C)cccc32)o1. The highest BCUT2D eigenvalue weighted by molar-refractivity contribution is 5.82. The van der Waals surface area contributed by atoms with Gasteiger partial charge in [0.05, 0.1) is 23.8 Å². The number of benzene rings is 1. The van der Waals surface area contributed by atoms with Gasteiger partial charge >= 0.3 is 0 Å². The number of nitrogens with zero attached hydrogens (tertiary/aromatic N) is 4. The molecule has 0 amide bonds. The van der Waals surface area contributed by atoms with Crippen LogP contribution in [0.2, 0.25) is 0 Å². The van der Waals surface area contributed by atoms with Crippen LogP contribution in [0.1, 0.15) is 30.1 Å². The smallest absolute Gasteiger partial charge is 0.204 e. The molecule has 6 heteroatoms. The summed E-state index contributed by atoms with van der Waals surface area (Å²) in [6.07, 6.45) is 4.08. The summed E-state index contributed by atoms with van der Waals surface area (Å²) in [5.74, 6) is 2.47. The quantitative estimate of drug-likeness (QED) is 0.791. The molecular weight excluding hydrogens is 314 g/mol. The van der Waals surface area contributed by atoms with E-state index in [0.717, 1.165) is 48.7 Å². The van der Waals surface area contributed by atoms with Gasteiger partial charge in [-0.3, -0.25) is 0 Å². The second-order valence-electron chi connectivity index (χ2n) is 7.03. The average Bonchev–Trinajstić information content (AvgIpc) is 3.16. The number of para-hydroxylation sites is 1. The van der Waals surface area contributed by atoms with E-state index >= 15 is 0 Å². The molecule has 0 spiro atoms. The maximum atomic E-state index is 5.70. The first-order valence-electron chi connectivity index (χ1n) is 8.92. The largest absolute Gasteiger partial charge is 0.444 e. The zero-order valence-electron chi connectivity index (χ0n) is 15.1. The molecule has 25 heavy (non-hydrogen) atoms. The lowest BCUT2D eigenvalue weighted by Gasteiger charge is -2.29. The normalized spacial score (nSPS) is 16.6. The summed E-state index contributed by atoms with van der Waals surface area (Å²) in [4.78, 5) is 11.5. The number of piperidine rings is 1. The number of fused-ring (bicyclic) bond motifs is 1. The number of oxazole rings is 1. The van der Waals surface area contributed by atoms with Crippen molar-refractivity contribution >= 4 is 17.0 Å². The molecule has 0 aliphatic carbocycles. The predicted octanol–water partition coefficient (Wildman–Crippen LogP) is 3.20. The van der Waals surface area contributed by atoms with Crippen LogP contribution >= 0.6 is 0 Å². The zero-order chi connectivity index (χ0) is 17.4. The molecular formula is C19H25N5O. The number of anilines is 1. The molecule has 1 fully saturated rings. The zero-order valence-corrected chi connectivity index (χ0v) is 15.1. The lowest BCUT2D eigenvalue weighted by Crippen LogP contribution is -2.37. The molecule has 0 saturated carbocycles. The van der Waals surface area contributed by atoms with Crippen molar-refractivity contribution in [1.82, 2.24) is 19.4 Å². The standard InChI is InChI=1S/C19H25N5O/c1-13-5-4-6-17-18(13)22-19(21-15-7-9-23(3)10-8-15)24(17)12-16-11-20-14(2)25-16/h4-6,11,15H,7-10,12H2,1-3H3,(H,21,22). The number of hydrogen-bond donors (Lipinski definition) is 1. The lowest BCUT2D eigenvalue weighted by molar-refractivity contribution is 0.263. The van der Waals surface area contributed by atoms with Crippen molar-refractivity contribution in [2.24, 2.45) is 0 Å². The third kappa shape index (κ3) is 3.26.